The van der Waals surface area contributed by atoms with E-state index >= 15 is 0 Å². The molecule has 2 aromatic carbocycles. The van der Waals surface area contributed by atoms with E-state index in [1.807, 2.05) is 11.9 Å². The molecule has 0 unspecified atom stereocenters. The highest BCUT2D eigenvalue weighted by molar-refractivity contribution is 6.02. The number of benzene rings is 2. The van der Waals surface area contributed by atoms with Gasteiger partial charge in [-0.25, -0.2) is 13.6 Å². The Morgan fingerprint density at radius 3 is 2.59 bits per heavy atom. The number of hydrogen-bond donors (Lipinski definition) is 2. The van der Waals surface area contributed by atoms with E-state index in [9.17, 15) is 18.4 Å². The SMILES string of the molecule is CN1c2cc(F)ccc2C(=O)NC12CCN(C(=O)NCc1cccc(F)c1)CC2. The summed E-state index contributed by atoms with van der Waals surface area (Å²) in [6, 6.07) is 9.98. The smallest absolute Gasteiger partial charge is 0.317 e. The Kier molecular flexibility index (Phi) is 4.86. The van der Waals surface area contributed by atoms with Crippen LogP contribution in [0.5, 0.6) is 0 Å². The van der Waals surface area contributed by atoms with E-state index in [-0.39, 0.29) is 24.3 Å². The lowest BCUT2D eigenvalue weighted by Gasteiger charge is -2.51. The number of likely N-dealkylation sites (tertiary alicyclic amines) is 1. The number of fused-ring (bicyclic) bond motifs is 1. The predicted octanol–water partition coefficient (Wildman–Crippen LogP) is 2.85. The van der Waals surface area contributed by atoms with E-state index in [4.69, 9.17) is 0 Å². The second-order valence-electron chi connectivity index (χ2n) is 7.48. The Hall–Kier alpha value is -3.16. The molecule has 8 heteroatoms. The van der Waals surface area contributed by atoms with Gasteiger partial charge in [0.05, 0.1) is 11.3 Å². The summed E-state index contributed by atoms with van der Waals surface area (Å²) in [6.45, 7) is 1.11. The number of piperidine rings is 1. The van der Waals surface area contributed by atoms with Crippen LogP contribution in [0.4, 0.5) is 19.3 Å². The third-order valence-corrected chi connectivity index (χ3v) is 5.76. The lowest BCUT2D eigenvalue weighted by molar-refractivity contribution is 0.0809. The first-order chi connectivity index (χ1) is 13.9. The van der Waals surface area contributed by atoms with Crippen molar-refractivity contribution in [3.63, 3.8) is 0 Å². The van der Waals surface area contributed by atoms with Crippen LogP contribution < -0.4 is 15.5 Å². The van der Waals surface area contributed by atoms with Crippen molar-refractivity contribution in [2.75, 3.05) is 25.0 Å². The van der Waals surface area contributed by atoms with Gasteiger partial charge in [-0.3, -0.25) is 4.79 Å². The zero-order valence-corrected chi connectivity index (χ0v) is 16.0. The van der Waals surface area contributed by atoms with Gasteiger partial charge in [-0.1, -0.05) is 12.1 Å². The van der Waals surface area contributed by atoms with E-state index in [0.29, 0.717) is 42.7 Å². The maximum Gasteiger partial charge on any atom is 0.317 e. The lowest BCUT2D eigenvalue weighted by atomic mass is 9.90. The summed E-state index contributed by atoms with van der Waals surface area (Å²) < 4.78 is 27.0. The van der Waals surface area contributed by atoms with Crippen LogP contribution >= 0.6 is 0 Å². The van der Waals surface area contributed by atoms with Gasteiger partial charge in [0.15, 0.2) is 0 Å². The molecule has 0 aliphatic carbocycles. The Bertz CT molecular complexity index is 957. The molecule has 152 valence electrons. The van der Waals surface area contributed by atoms with Gasteiger partial charge >= 0.3 is 6.03 Å². The highest BCUT2D eigenvalue weighted by Gasteiger charge is 2.44. The molecule has 2 aliphatic heterocycles. The minimum atomic E-state index is -0.656. The molecule has 0 aromatic heterocycles. The summed E-state index contributed by atoms with van der Waals surface area (Å²) in [6.07, 6.45) is 1.02. The summed E-state index contributed by atoms with van der Waals surface area (Å²) >= 11 is 0. The van der Waals surface area contributed by atoms with Crippen molar-refractivity contribution in [3.05, 3.63) is 65.2 Å². The van der Waals surface area contributed by atoms with E-state index < -0.39 is 11.5 Å². The molecule has 0 saturated carbocycles. The van der Waals surface area contributed by atoms with Crippen molar-refractivity contribution in [1.29, 1.82) is 0 Å². The number of carbonyl (C=O) groups excluding carboxylic acids is 2. The van der Waals surface area contributed by atoms with Crippen molar-refractivity contribution in [3.8, 4) is 0 Å². The fourth-order valence-electron chi connectivity index (χ4n) is 4.04. The van der Waals surface area contributed by atoms with Crippen molar-refractivity contribution < 1.29 is 18.4 Å². The molecule has 1 spiro atoms. The summed E-state index contributed by atoms with van der Waals surface area (Å²) in [5, 5.41) is 5.85. The number of halogens is 2. The van der Waals surface area contributed by atoms with Gasteiger partial charge in [0.1, 0.15) is 17.3 Å². The second-order valence-corrected chi connectivity index (χ2v) is 7.48. The Morgan fingerprint density at radius 1 is 1.14 bits per heavy atom. The summed E-state index contributed by atoms with van der Waals surface area (Å²) in [4.78, 5) is 28.6. The summed E-state index contributed by atoms with van der Waals surface area (Å²) in [5.74, 6) is -0.971. The molecular weight excluding hydrogens is 378 g/mol. The third kappa shape index (κ3) is 3.62. The van der Waals surface area contributed by atoms with Gasteiger partial charge in [0.2, 0.25) is 0 Å². The zero-order valence-electron chi connectivity index (χ0n) is 16.0. The molecule has 2 N–H and O–H groups in total. The molecule has 0 radical (unpaired) electrons. The third-order valence-electron chi connectivity index (χ3n) is 5.76. The lowest BCUT2D eigenvalue weighted by Crippen LogP contribution is -2.67. The van der Waals surface area contributed by atoms with Gasteiger partial charge < -0.3 is 20.4 Å². The Labute approximate surface area is 167 Å². The van der Waals surface area contributed by atoms with Crippen LogP contribution in [0.3, 0.4) is 0 Å². The quantitative estimate of drug-likeness (QED) is 0.815. The van der Waals surface area contributed by atoms with Crippen LogP contribution in [0, 0.1) is 11.6 Å². The van der Waals surface area contributed by atoms with Crippen molar-refractivity contribution >= 4 is 17.6 Å². The summed E-state index contributed by atoms with van der Waals surface area (Å²) in [5.41, 5.74) is 1.02. The monoisotopic (exact) mass is 400 g/mol. The van der Waals surface area contributed by atoms with E-state index in [2.05, 4.69) is 10.6 Å². The highest BCUT2D eigenvalue weighted by Crippen LogP contribution is 2.36. The molecule has 2 heterocycles. The maximum atomic E-state index is 13.7. The van der Waals surface area contributed by atoms with Crippen LogP contribution in [0.25, 0.3) is 0 Å². The topological polar surface area (TPSA) is 64.7 Å². The van der Waals surface area contributed by atoms with E-state index in [0.717, 1.165) is 0 Å². The standard InChI is InChI=1S/C21H22F2N4O2/c1-26-18-12-16(23)5-6-17(18)19(28)25-21(26)7-9-27(10-8-21)20(29)24-13-14-3-2-4-15(22)11-14/h2-6,11-12H,7-10,13H2,1H3,(H,24,29)(H,25,28). The number of hydrogen-bond acceptors (Lipinski definition) is 3. The van der Waals surface area contributed by atoms with Crippen molar-refractivity contribution in [1.82, 2.24) is 15.5 Å². The fraction of sp³-hybridized carbons (Fsp3) is 0.333. The first-order valence-electron chi connectivity index (χ1n) is 9.51. The molecule has 6 nitrogen and oxygen atoms in total. The predicted molar refractivity (Wildman–Crippen MR) is 104 cm³/mol. The Morgan fingerprint density at radius 2 is 1.86 bits per heavy atom. The molecule has 1 saturated heterocycles. The number of nitrogens with one attached hydrogen (secondary N) is 2. The molecule has 0 atom stereocenters. The molecule has 1 fully saturated rings. The van der Waals surface area contributed by atoms with Crippen LogP contribution in [-0.2, 0) is 6.54 Å². The molecule has 0 bridgehead atoms. The van der Waals surface area contributed by atoms with Crippen LogP contribution in [0.15, 0.2) is 42.5 Å². The minimum Gasteiger partial charge on any atom is -0.351 e. The highest BCUT2D eigenvalue weighted by atomic mass is 19.1. The second kappa shape index (κ2) is 7.35. The fourth-order valence-corrected chi connectivity index (χ4v) is 4.04. The van der Waals surface area contributed by atoms with Gasteiger partial charge in [0, 0.05) is 39.5 Å². The molecule has 2 aromatic rings. The van der Waals surface area contributed by atoms with E-state index in [1.54, 1.807) is 17.0 Å². The Balaban J connectivity index is 1.41. The molecule has 3 amide bonds. The first kappa shape index (κ1) is 19.2. The number of rotatable bonds is 2. The van der Waals surface area contributed by atoms with Gasteiger partial charge in [-0.2, -0.15) is 0 Å². The van der Waals surface area contributed by atoms with Crippen molar-refractivity contribution in [2.45, 2.75) is 25.0 Å². The number of nitrogens with zero attached hydrogens (tertiary/aromatic N) is 2. The normalized spacial score (nSPS) is 17.7. The number of anilines is 1. The number of carbonyl (C=O) groups is 2. The molecule has 2 aliphatic rings. The number of urea groups is 1. The number of amides is 3. The van der Waals surface area contributed by atoms with Gasteiger partial charge in [0.25, 0.3) is 5.91 Å². The molecule has 4 rings (SSSR count). The van der Waals surface area contributed by atoms with Crippen molar-refractivity contribution in [2.24, 2.45) is 0 Å². The largest absolute Gasteiger partial charge is 0.351 e. The van der Waals surface area contributed by atoms with Crippen LogP contribution in [0.1, 0.15) is 28.8 Å². The molecular formula is C21H22F2N4O2. The van der Waals surface area contributed by atoms with Crippen LogP contribution in [-0.4, -0.2) is 42.6 Å². The average Bonchev–Trinajstić information content (AvgIpc) is 2.71. The first-order valence-corrected chi connectivity index (χ1v) is 9.51. The van der Waals surface area contributed by atoms with Crippen LogP contribution in [0.2, 0.25) is 0 Å². The minimum absolute atomic E-state index is 0.234. The van der Waals surface area contributed by atoms with E-state index in [1.165, 1.54) is 30.3 Å². The molecule has 29 heavy (non-hydrogen) atoms. The van der Waals surface area contributed by atoms with Gasteiger partial charge in [-0.05, 0) is 35.9 Å². The summed E-state index contributed by atoms with van der Waals surface area (Å²) in [7, 11) is 1.83. The maximum absolute atomic E-state index is 13.7. The van der Waals surface area contributed by atoms with Gasteiger partial charge in [-0.15, -0.1) is 0 Å². The average molecular weight is 400 g/mol. The zero-order chi connectivity index (χ0) is 20.6.